The van der Waals surface area contributed by atoms with Crippen LogP contribution in [0, 0.1) is 17.8 Å². The summed E-state index contributed by atoms with van der Waals surface area (Å²) in [5, 5.41) is 12.5. The highest BCUT2D eigenvalue weighted by molar-refractivity contribution is 5.78. The van der Waals surface area contributed by atoms with Crippen molar-refractivity contribution in [3.8, 4) is 0 Å². The summed E-state index contributed by atoms with van der Waals surface area (Å²) in [6, 6.07) is 0.293. The molecule has 110 valence electrons. The minimum absolute atomic E-state index is 0.163. The molecule has 19 heavy (non-hydrogen) atoms. The zero-order valence-corrected chi connectivity index (χ0v) is 11.8. The third-order valence-electron chi connectivity index (χ3n) is 4.98. The molecule has 4 heteroatoms. The molecule has 2 fully saturated rings. The van der Waals surface area contributed by atoms with Crippen molar-refractivity contribution in [1.29, 1.82) is 0 Å². The van der Waals surface area contributed by atoms with Crippen LogP contribution in [-0.4, -0.2) is 30.2 Å². The van der Waals surface area contributed by atoms with E-state index in [0.29, 0.717) is 17.9 Å². The Hall–Kier alpha value is -0.610. The Morgan fingerprint density at radius 2 is 1.68 bits per heavy atom. The van der Waals surface area contributed by atoms with E-state index in [1.165, 1.54) is 12.8 Å². The second-order valence-electron chi connectivity index (χ2n) is 6.34. The number of nitrogens with two attached hydrogens (primary N) is 1. The van der Waals surface area contributed by atoms with Crippen molar-refractivity contribution >= 4 is 5.91 Å². The predicted octanol–water partition coefficient (Wildman–Crippen LogP) is 1.42. The zero-order valence-electron chi connectivity index (χ0n) is 11.8. The molecular weight excluding hydrogens is 240 g/mol. The molecule has 4 N–H and O–H groups in total. The van der Waals surface area contributed by atoms with Gasteiger partial charge in [-0.15, -0.1) is 0 Å². The normalized spacial score (nSPS) is 35.9. The van der Waals surface area contributed by atoms with Crippen LogP contribution in [0.4, 0.5) is 0 Å². The van der Waals surface area contributed by atoms with Crippen molar-refractivity contribution in [2.45, 2.75) is 57.4 Å². The van der Waals surface area contributed by atoms with Crippen molar-refractivity contribution in [3.63, 3.8) is 0 Å². The zero-order chi connectivity index (χ0) is 13.7. The predicted molar refractivity (Wildman–Crippen MR) is 75.5 cm³/mol. The molecule has 2 rings (SSSR count). The molecule has 0 aromatic heterocycles. The molecule has 0 aromatic rings. The first kappa shape index (κ1) is 14.8. The molecule has 0 heterocycles. The largest absolute Gasteiger partial charge is 0.396 e. The number of nitrogens with one attached hydrogen (secondary N) is 1. The van der Waals surface area contributed by atoms with Crippen molar-refractivity contribution in [3.05, 3.63) is 0 Å². The third-order valence-corrected chi connectivity index (χ3v) is 4.98. The summed E-state index contributed by atoms with van der Waals surface area (Å²) in [4.78, 5) is 12.1. The second kappa shape index (κ2) is 7.25. The van der Waals surface area contributed by atoms with Crippen molar-refractivity contribution in [2.24, 2.45) is 23.5 Å². The minimum Gasteiger partial charge on any atom is -0.396 e. The van der Waals surface area contributed by atoms with Gasteiger partial charge in [0.1, 0.15) is 0 Å². The number of carbonyl (C=O) groups excluding carboxylic acids is 1. The molecule has 0 aromatic carbocycles. The van der Waals surface area contributed by atoms with Crippen molar-refractivity contribution < 1.29 is 9.90 Å². The summed E-state index contributed by atoms with van der Waals surface area (Å²) in [6.07, 6.45) is 8.51. The highest BCUT2D eigenvalue weighted by atomic mass is 16.3. The van der Waals surface area contributed by atoms with E-state index in [1.807, 2.05) is 0 Å². The summed E-state index contributed by atoms with van der Waals surface area (Å²) < 4.78 is 0. The van der Waals surface area contributed by atoms with Gasteiger partial charge in [0.25, 0.3) is 0 Å². The number of carbonyl (C=O) groups is 1. The lowest BCUT2D eigenvalue weighted by Crippen LogP contribution is -2.40. The van der Waals surface area contributed by atoms with E-state index < -0.39 is 0 Å². The van der Waals surface area contributed by atoms with Crippen LogP contribution in [0.15, 0.2) is 0 Å². The van der Waals surface area contributed by atoms with Crippen LogP contribution in [0.5, 0.6) is 0 Å². The van der Waals surface area contributed by atoms with Crippen LogP contribution in [-0.2, 0) is 4.79 Å². The monoisotopic (exact) mass is 268 g/mol. The van der Waals surface area contributed by atoms with E-state index in [4.69, 9.17) is 5.73 Å². The van der Waals surface area contributed by atoms with Crippen LogP contribution in [0.3, 0.4) is 0 Å². The molecule has 0 spiro atoms. The molecule has 0 saturated heterocycles. The van der Waals surface area contributed by atoms with Crippen LogP contribution in [0.25, 0.3) is 0 Å². The van der Waals surface area contributed by atoms with Gasteiger partial charge in [-0.3, -0.25) is 4.79 Å². The molecule has 0 radical (unpaired) electrons. The SMILES string of the molecule is NC1CCC(C(=O)NCC2CCCCC2CO)CC1. The lowest BCUT2D eigenvalue weighted by Gasteiger charge is -2.31. The highest BCUT2D eigenvalue weighted by Crippen LogP contribution is 2.29. The lowest BCUT2D eigenvalue weighted by molar-refractivity contribution is -0.126. The number of hydrogen-bond donors (Lipinski definition) is 3. The van der Waals surface area contributed by atoms with Gasteiger partial charge in [-0.2, -0.15) is 0 Å². The average Bonchev–Trinajstić information content (AvgIpc) is 2.45. The number of rotatable bonds is 4. The van der Waals surface area contributed by atoms with Gasteiger partial charge in [-0.1, -0.05) is 12.8 Å². The van der Waals surface area contributed by atoms with E-state index in [0.717, 1.165) is 45.1 Å². The van der Waals surface area contributed by atoms with Crippen molar-refractivity contribution in [2.75, 3.05) is 13.2 Å². The van der Waals surface area contributed by atoms with E-state index >= 15 is 0 Å². The van der Waals surface area contributed by atoms with Crippen LogP contribution >= 0.6 is 0 Å². The Kier molecular flexibility index (Phi) is 5.64. The molecule has 4 nitrogen and oxygen atoms in total. The summed E-state index contributed by atoms with van der Waals surface area (Å²) in [5.74, 6) is 1.22. The summed E-state index contributed by atoms with van der Waals surface area (Å²) >= 11 is 0. The van der Waals surface area contributed by atoms with Gasteiger partial charge in [-0.05, 0) is 50.4 Å². The smallest absolute Gasteiger partial charge is 0.223 e. The first-order chi connectivity index (χ1) is 9.20. The fourth-order valence-electron chi connectivity index (χ4n) is 3.55. The van der Waals surface area contributed by atoms with Gasteiger partial charge >= 0.3 is 0 Å². The van der Waals surface area contributed by atoms with Gasteiger partial charge < -0.3 is 16.2 Å². The third kappa shape index (κ3) is 4.18. The molecule has 2 aliphatic carbocycles. The van der Waals surface area contributed by atoms with E-state index in [-0.39, 0.29) is 18.4 Å². The Morgan fingerprint density at radius 1 is 1.05 bits per heavy atom. The van der Waals surface area contributed by atoms with E-state index in [1.54, 1.807) is 0 Å². The topological polar surface area (TPSA) is 75.4 Å². The minimum atomic E-state index is 0.163. The average molecular weight is 268 g/mol. The molecule has 2 unspecified atom stereocenters. The van der Waals surface area contributed by atoms with Crippen molar-refractivity contribution in [1.82, 2.24) is 5.32 Å². The fourth-order valence-corrected chi connectivity index (χ4v) is 3.55. The van der Waals surface area contributed by atoms with E-state index in [9.17, 15) is 9.90 Å². The molecule has 2 atom stereocenters. The standard InChI is InChI=1S/C15H28N2O2/c16-14-7-5-11(6-8-14)15(19)17-9-12-3-1-2-4-13(12)10-18/h11-14,18H,1-10,16H2,(H,17,19). The second-order valence-corrected chi connectivity index (χ2v) is 6.34. The maximum Gasteiger partial charge on any atom is 0.223 e. The van der Waals surface area contributed by atoms with E-state index in [2.05, 4.69) is 5.32 Å². The molecule has 1 amide bonds. The van der Waals surface area contributed by atoms with Crippen LogP contribution in [0.2, 0.25) is 0 Å². The molecule has 0 bridgehead atoms. The Morgan fingerprint density at radius 3 is 2.32 bits per heavy atom. The maximum atomic E-state index is 12.1. The molecule has 0 aliphatic heterocycles. The first-order valence-electron chi connectivity index (χ1n) is 7.85. The number of aliphatic hydroxyl groups is 1. The molecule has 2 aliphatic rings. The number of amides is 1. The maximum absolute atomic E-state index is 12.1. The fraction of sp³-hybridized carbons (Fsp3) is 0.933. The Bertz CT molecular complexity index is 288. The summed E-state index contributed by atoms with van der Waals surface area (Å²) in [7, 11) is 0. The van der Waals surface area contributed by atoms with Gasteiger partial charge in [0, 0.05) is 25.1 Å². The first-order valence-corrected chi connectivity index (χ1v) is 7.85. The lowest BCUT2D eigenvalue weighted by atomic mass is 9.79. The Balaban J connectivity index is 1.73. The van der Waals surface area contributed by atoms with Gasteiger partial charge in [0.2, 0.25) is 5.91 Å². The quantitative estimate of drug-likeness (QED) is 0.722. The van der Waals surface area contributed by atoms with Crippen LogP contribution in [0.1, 0.15) is 51.4 Å². The van der Waals surface area contributed by atoms with Crippen LogP contribution < -0.4 is 11.1 Å². The summed E-state index contributed by atoms with van der Waals surface area (Å²) in [5.41, 5.74) is 5.86. The molecular formula is C15H28N2O2. The number of aliphatic hydroxyl groups excluding tert-OH is 1. The van der Waals surface area contributed by atoms with Gasteiger partial charge in [-0.25, -0.2) is 0 Å². The van der Waals surface area contributed by atoms with Gasteiger partial charge in [0.05, 0.1) is 0 Å². The van der Waals surface area contributed by atoms with Gasteiger partial charge in [0.15, 0.2) is 0 Å². The molecule has 2 saturated carbocycles. The summed E-state index contributed by atoms with van der Waals surface area (Å²) in [6.45, 7) is 1.01. The Labute approximate surface area is 116 Å². The highest BCUT2D eigenvalue weighted by Gasteiger charge is 2.27. The number of hydrogen-bond acceptors (Lipinski definition) is 3.